The first-order valence-corrected chi connectivity index (χ1v) is 10.6. The zero-order valence-corrected chi connectivity index (χ0v) is 19.0. The van der Waals surface area contributed by atoms with E-state index in [-0.39, 0.29) is 13.5 Å². The van der Waals surface area contributed by atoms with Crippen molar-refractivity contribution in [2.45, 2.75) is 46.6 Å². The molecule has 0 atom stereocenters. The number of carbonyl (C=O) groups excluding carboxylic acids is 1. The van der Waals surface area contributed by atoms with E-state index in [1.54, 1.807) is 4.90 Å². The Kier molecular flexibility index (Phi) is 7.57. The van der Waals surface area contributed by atoms with Crippen LogP contribution in [0.3, 0.4) is 0 Å². The van der Waals surface area contributed by atoms with Gasteiger partial charge in [0.1, 0.15) is 5.60 Å². The Balaban J connectivity index is 0.000000217. The van der Waals surface area contributed by atoms with Crippen LogP contribution in [0.2, 0.25) is 0 Å². The van der Waals surface area contributed by atoms with E-state index in [0.717, 1.165) is 29.5 Å². The second-order valence-corrected chi connectivity index (χ2v) is 9.46. The van der Waals surface area contributed by atoms with Crippen molar-refractivity contribution >= 4 is 49.3 Å². The Hall–Kier alpha value is -1.53. The number of fused-ring (bicyclic) bond motifs is 2. The zero-order valence-electron chi connectivity index (χ0n) is 15.8. The minimum Gasteiger partial charge on any atom is -0.443 e. The van der Waals surface area contributed by atoms with Crippen LogP contribution in [0.25, 0.3) is 0 Å². The molecule has 6 heteroatoms. The Morgan fingerprint density at radius 3 is 2.36 bits per heavy atom. The molecule has 2 aliphatic rings. The number of nitrogens with one attached hydrogen (secondary N) is 1. The number of ether oxygens (including phenoxy) is 1. The Morgan fingerprint density at radius 2 is 1.68 bits per heavy atom. The minimum absolute atomic E-state index is 0. The summed E-state index contributed by atoms with van der Waals surface area (Å²) in [5.41, 5.74) is 4.42. The van der Waals surface area contributed by atoms with Gasteiger partial charge in [-0.05, 0) is 81.1 Å². The molecule has 4 nitrogen and oxygen atoms in total. The SMILES string of the molecule is Brc1ccc2c(c1)CCN2.C.CC(C)(C)OC(=O)N1CCc2cc(Br)ccc21. The minimum atomic E-state index is -0.449. The summed E-state index contributed by atoms with van der Waals surface area (Å²) in [5.74, 6) is 0. The topological polar surface area (TPSA) is 41.6 Å². The first kappa shape index (κ1) is 22.8. The summed E-state index contributed by atoms with van der Waals surface area (Å²) >= 11 is 6.87. The summed E-state index contributed by atoms with van der Waals surface area (Å²) in [6, 6.07) is 12.3. The predicted molar refractivity (Wildman–Crippen MR) is 124 cm³/mol. The second-order valence-electron chi connectivity index (χ2n) is 7.63. The van der Waals surface area contributed by atoms with Crippen molar-refractivity contribution in [2.24, 2.45) is 0 Å². The van der Waals surface area contributed by atoms with Gasteiger partial charge in [-0.15, -0.1) is 0 Å². The van der Waals surface area contributed by atoms with Gasteiger partial charge >= 0.3 is 6.09 Å². The number of anilines is 2. The fourth-order valence-electron chi connectivity index (χ4n) is 3.15. The van der Waals surface area contributed by atoms with Gasteiger partial charge in [0.2, 0.25) is 0 Å². The number of amides is 1. The van der Waals surface area contributed by atoms with Gasteiger partial charge in [-0.3, -0.25) is 4.90 Å². The van der Waals surface area contributed by atoms with Crippen LogP contribution in [0.5, 0.6) is 0 Å². The highest BCUT2D eigenvalue weighted by molar-refractivity contribution is 9.10. The lowest BCUT2D eigenvalue weighted by Crippen LogP contribution is -2.35. The number of halogens is 2. The Bertz CT molecular complexity index is 847. The molecule has 2 heterocycles. The molecule has 4 rings (SSSR count). The van der Waals surface area contributed by atoms with E-state index in [1.807, 2.05) is 32.9 Å². The highest BCUT2D eigenvalue weighted by atomic mass is 79.9. The summed E-state index contributed by atoms with van der Waals surface area (Å²) in [6.45, 7) is 7.42. The number of rotatable bonds is 0. The third-order valence-corrected chi connectivity index (χ3v) is 5.31. The van der Waals surface area contributed by atoms with Crippen molar-refractivity contribution in [1.82, 2.24) is 0 Å². The van der Waals surface area contributed by atoms with Crippen molar-refractivity contribution < 1.29 is 9.53 Å². The second kappa shape index (κ2) is 9.31. The fraction of sp³-hybridized carbons (Fsp3) is 0.409. The molecule has 0 unspecified atom stereocenters. The number of benzene rings is 2. The summed E-state index contributed by atoms with van der Waals surface area (Å²) in [5, 5.41) is 3.31. The molecule has 0 spiro atoms. The standard InChI is InChI=1S/C13H16BrNO2.C8H8BrN.CH4/c1-13(2,3)17-12(16)15-7-6-9-8-10(14)4-5-11(9)15;9-7-1-2-8-6(5-7)3-4-10-8;/h4-5,8H,6-7H2,1-3H3;1-2,5,10H,3-4H2;1H4. The molecule has 0 aliphatic carbocycles. The Morgan fingerprint density at radius 1 is 1.04 bits per heavy atom. The monoisotopic (exact) mass is 510 g/mol. The molecule has 0 radical (unpaired) electrons. The predicted octanol–water partition coefficient (Wildman–Crippen LogP) is 6.80. The Labute approximate surface area is 184 Å². The quantitative estimate of drug-likeness (QED) is 0.422. The number of hydrogen-bond donors (Lipinski definition) is 1. The molecule has 1 N–H and O–H groups in total. The summed E-state index contributed by atoms with van der Waals surface area (Å²) in [7, 11) is 0. The number of carbonyl (C=O) groups is 1. The lowest BCUT2D eigenvalue weighted by molar-refractivity contribution is 0.0584. The summed E-state index contributed by atoms with van der Waals surface area (Å²) in [4.78, 5) is 13.7. The van der Waals surface area contributed by atoms with Crippen molar-refractivity contribution in [2.75, 3.05) is 23.3 Å². The van der Waals surface area contributed by atoms with E-state index in [1.165, 1.54) is 21.3 Å². The van der Waals surface area contributed by atoms with Crippen LogP contribution >= 0.6 is 31.9 Å². The maximum absolute atomic E-state index is 12.0. The molecule has 0 bridgehead atoms. The van der Waals surface area contributed by atoms with E-state index in [9.17, 15) is 4.79 Å². The van der Waals surface area contributed by atoms with Crippen molar-refractivity contribution in [3.63, 3.8) is 0 Å². The van der Waals surface area contributed by atoms with Gasteiger partial charge in [-0.1, -0.05) is 39.3 Å². The molecule has 28 heavy (non-hydrogen) atoms. The van der Waals surface area contributed by atoms with Gasteiger partial charge in [0, 0.05) is 27.7 Å². The average Bonchev–Trinajstić information content (AvgIpc) is 3.19. The largest absolute Gasteiger partial charge is 0.443 e. The van der Waals surface area contributed by atoms with Gasteiger partial charge in [0.15, 0.2) is 0 Å². The number of nitrogens with zero attached hydrogens (tertiary/aromatic N) is 1. The van der Waals surface area contributed by atoms with E-state index < -0.39 is 5.60 Å². The first-order valence-electron chi connectivity index (χ1n) is 9.04. The van der Waals surface area contributed by atoms with E-state index in [2.05, 4.69) is 61.4 Å². The smallest absolute Gasteiger partial charge is 0.414 e. The molecule has 2 aliphatic heterocycles. The highest BCUT2D eigenvalue weighted by Gasteiger charge is 2.28. The molecular formula is C22H28Br2N2O2. The highest BCUT2D eigenvalue weighted by Crippen LogP contribution is 2.31. The average molecular weight is 512 g/mol. The fourth-order valence-corrected chi connectivity index (χ4v) is 3.97. The van der Waals surface area contributed by atoms with Crippen LogP contribution in [-0.4, -0.2) is 24.8 Å². The van der Waals surface area contributed by atoms with Gasteiger partial charge in [-0.25, -0.2) is 4.79 Å². The molecule has 0 saturated carbocycles. The molecule has 1 amide bonds. The molecule has 2 aromatic rings. The van der Waals surface area contributed by atoms with E-state index in [4.69, 9.17) is 4.74 Å². The van der Waals surface area contributed by atoms with Crippen LogP contribution in [0.4, 0.5) is 16.2 Å². The lowest BCUT2D eigenvalue weighted by Gasteiger charge is -2.24. The maximum atomic E-state index is 12.0. The third kappa shape index (κ3) is 5.74. The molecule has 0 fully saturated rings. The van der Waals surface area contributed by atoms with Crippen LogP contribution in [-0.2, 0) is 17.6 Å². The van der Waals surface area contributed by atoms with Gasteiger partial charge in [0.05, 0.1) is 5.69 Å². The van der Waals surface area contributed by atoms with Crippen molar-refractivity contribution in [3.8, 4) is 0 Å². The zero-order chi connectivity index (χ0) is 19.6. The molecule has 2 aromatic carbocycles. The first-order chi connectivity index (χ1) is 12.7. The summed E-state index contributed by atoms with van der Waals surface area (Å²) < 4.78 is 7.60. The van der Waals surface area contributed by atoms with Gasteiger partial charge < -0.3 is 10.1 Å². The van der Waals surface area contributed by atoms with Gasteiger partial charge in [-0.2, -0.15) is 0 Å². The van der Waals surface area contributed by atoms with Crippen LogP contribution in [0.1, 0.15) is 39.3 Å². The number of hydrogen-bond acceptors (Lipinski definition) is 3. The maximum Gasteiger partial charge on any atom is 0.414 e. The molecular weight excluding hydrogens is 484 g/mol. The summed E-state index contributed by atoms with van der Waals surface area (Å²) in [6.07, 6.45) is 1.78. The van der Waals surface area contributed by atoms with Crippen LogP contribution < -0.4 is 10.2 Å². The van der Waals surface area contributed by atoms with Crippen molar-refractivity contribution in [1.29, 1.82) is 0 Å². The molecule has 0 saturated heterocycles. The van der Waals surface area contributed by atoms with E-state index >= 15 is 0 Å². The lowest BCUT2D eigenvalue weighted by atomic mass is 10.2. The molecule has 152 valence electrons. The normalized spacial score (nSPS) is 14.1. The third-order valence-electron chi connectivity index (χ3n) is 4.33. The van der Waals surface area contributed by atoms with Crippen LogP contribution in [0.15, 0.2) is 45.3 Å². The van der Waals surface area contributed by atoms with Crippen molar-refractivity contribution in [3.05, 3.63) is 56.5 Å². The van der Waals surface area contributed by atoms with E-state index in [0.29, 0.717) is 6.54 Å². The molecule has 0 aromatic heterocycles. The van der Waals surface area contributed by atoms with Gasteiger partial charge in [0.25, 0.3) is 0 Å². The van der Waals surface area contributed by atoms with Crippen LogP contribution in [0, 0.1) is 0 Å².